The monoisotopic (exact) mass is 384 g/mol. The molecule has 1 heterocycles. The van der Waals surface area contributed by atoms with E-state index in [-0.39, 0.29) is 11.7 Å². The van der Waals surface area contributed by atoms with Crippen LogP contribution >= 0.6 is 0 Å². The van der Waals surface area contributed by atoms with Crippen molar-refractivity contribution in [3.05, 3.63) is 65.2 Å². The quantitative estimate of drug-likeness (QED) is 0.758. The van der Waals surface area contributed by atoms with Crippen LogP contribution in [0.3, 0.4) is 0 Å². The molecule has 0 aromatic heterocycles. The molecule has 0 unspecified atom stereocenters. The molecule has 0 saturated carbocycles. The second-order valence-electron chi connectivity index (χ2n) is 6.78. The van der Waals surface area contributed by atoms with Crippen LogP contribution in [0.4, 0.5) is 11.4 Å². The van der Waals surface area contributed by atoms with Crippen molar-refractivity contribution in [1.82, 2.24) is 0 Å². The highest BCUT2D eigenvalue weighted by Crippen LogP contribution is 2.25. The fourth-order valence-electron chi connectivity index (χ4n) is 3.18. The average molecular weight is 385 g/mol. The van der Waals surface area contributed by atoms with Crippen molar-refractivity contribution in [2.75, 3.05) is 28.6 Å². The van der Waals surface area contributed by atoms with Crippen LogP contribution in [0.5, 0.6) is 0 Å². The van der Waals surface area contributed by atoms with E-state index in [4.69, 9.17) is 0 Å². The summed E-state index contributed by atoms with van der Waals surface area (Å²) in [5.74, 6) is 0.0864. The van der Waals surface area contributed by atoms with Crippen molar-refractivity contribution in [2.45, 2.75) is 20.3 Å². The second kappa shape index (κ2) is 7.56. The number of carbonyl (C=O) groups excluding carboxylic acids is 1. The lowest BCUT2D eigenvalue weighted by Crippen LogP contribution is -2.25. The summed E-state index contributed by atoms with van der Waals surface area (Å²) >= 11 is 0. The second-order valence-corrected chi connectivity index (χ2v) is 8.80. The molecule has 0 bridgehead atoms. The smallest absolute Gasteiger partial charge is 0.250 e. The number of anilines is 2. The molecule has 142 valence electrons. The molecule has 1 aliphatic rings. The van der Waals surface area contributed by atoms with E-state index in [1.807, 2.05) is 44.2 Å². The van der Waals surface area contributed by atoms with Crippen molar-refractivity contribution < 1.29 is 13.2 Å². The Balaban J connectivity index is 1.72. The van der Waals surface area contributed by atoms with E-state index in [9.17, 15) is 13.2 Å². The molecule has 1 aliphatic heterocycles. The van der Waals surface area contributed by atoms with E-state index < -0.39 is 10.0 Å². The molecule has 2 aromatic carbocycles. The highest BCUT2D eigenvalue weighted by molar-refractivity contribution is 7.93. The zero-order valence-electron chi connectivity index (χ0n) is 15.8. The van der Waals surface area contributed by atoms with Crippen LogP contribution in [0.1, 0.15) is 23.1 Å². The van der Waals surface area contributed by atoms with Crippen LogP contribution in [-0.4, -0.2) is 33.7 Å². The van der Waals surface area contributed by atoms with Gasteiger partial charge in [-0.1, -0.05) is 24.3 Å². The average Bonchev–Trinajstić information content (AvgIpc) is 3.01. The molecule has 1 amide bonds. The van der Waals surface area contributed by atoms with Crippen molar-refractivity contribution >= 4 is 33.4 Å². The summed E-state index contributed by atoms with van der Waals surface area (Å²) in [5.41, 5.74) is 4.63. The number of sulfonamides is 1. The maximum Gasteiger partial charge on any atom is 0.250 e. The summed E-state index contributed by atoms with van der Waals surface area (Å²) in [5, 5.41) is 0. The lowest BCUT2D eigenvalue weighted by atomic mass is 10.1. The fraction of sp³-hybridized carbons (Fsp3) is 0.286. The number of benzene rings is 2. The molecule has 2 aromatic rings. The number of carbonyl (C=O) groups is 1. The Morgan fingerprint density at radius 2 is 1.81 bits per heavy atom. The number of amides is 1. The van der Waals surface area contributed by atoms with Gasteiger partial charge in [-0.25, -0.2) is 8.42 Å². The van der Waals surface area contributed by atoms with Gasteiger partial charge in [0, 0.05) is 25.4 Å². The molecule has 27 heavy (non-hydrogen) atoms. The fourth-order valence-corrected chi connectivity index (χ4v) is 4.74. The number of rotatable bonds is 4. The highest BCUT2D eigenvalue weighted by Gasteiger charge is 2.28. The SMILES string of the molecule is Cc1cccc(N(C)C(=O)/C=C/c2ccc(N3CCCS3(=O)=O)cc2)c1C. The summed E-state index contributed by atoms with van der Waals surface area (Å²) in [4.78, 5) is 14.1. The van der Waals surface area contributed by atoms with Crippen LogP contribution in [0.15, 0.2) is 48.5 Å². The van der Waals surface area contributed by atoms with Crippen molar-refractivity contribution in [1.29, 1.82) is 0 Å². The van der Waals surface area contributed by atoms with Gasteiger partial charge in [-0.2, -0.15) is 0 Å². The van der Waals surface area contributed by atoms with E-state index in [0.717, 1.165) is 22.4 Å². The van der Waals surface area contributed by atoms with Gasteiger partial charge >= 0.3 is 0 Å². The first-order chi connectivity index (χ1) is 12.8. The van der Waals surface area contributed by atoms with Crippen molar-refractivity contribution in [3.8, 4) is 0 Å². The van der Waals surface area contributed by atoms with Gasteiger partial charge in [-0.05, 0) is 61.2 Å². The molecular weight excluding hydrogens is 360 g/mol. The van der Waals surface area contributed by atoms with Gasteiger partial charge in [0.2, 0.25) is 10.0 Å². The third kappa shape index (κ3) is 4.06. The Hall–Kier alpha value is -2.60. The van der Waals surface area contributed by atoms with Crippen LogP contribution in [-0.2, 0) is 14.8 Å². The minimum atomic E-state index is -3.17. The van der Waals surface area contributed by atoms with Gasteiger partial charge in [0.1, 0.15) is 0 Å². The zero-order valence-corrected chi connectivity index (χ0v) is 16.7. The minimum absolute atomic E-state index is 0.116. The van der Waals surface area contributed by atoms with Gasteiger partial charge < -0.3 is 4.90 Å². The number of aryl methyl sites for hydroxylation is 1. The zero-order chi connectivity index (χ0) is 19.6. The van der Waals surface area contributed by atoms with Gasteiger partial charge in [0.25, 0.3) is 5.91 Å². The minimum Gasteiger partial charge on any atom is -0.312 e. The Kier molecular flexibility index (Phi) is 5.37. The number of likely N-dealkylation sites (N-methyl/N-ethyl adjacent to an activating group) is 1. The van der Waals surface area contributed by atoms with Crippen LogP contribution in [0.2, 0.25) is 0 Å². The Bertz CT molecular complexity index is 979. The third-order valence-electron chi connectivity index (χ3n) is 4.97. The lowest BCUT2D eigenvalue weighted by Gasteiger charge is -2.19. The first kappa shape index (κ1) is 19.2. The molecular formula is C21H24N2O3S. The summed E-state index contributed by atoms with van der Waals surface area (Å²) in [7, 11) is -1.41. The standard InChI is InChI=1S/C21H24N2O3S/c1-16-6-4-7-20(17(16)2)22(3)21(24)13-10-18-8-11-19(12-9-18)23-14-5-15-27(23,25)26/h4,6-13H,5,14-15H2,1-3H3/b13-10+. The Morgan fingerprint density at radius 3 is 2.44 bits per heavy atom. The molecule has 0 aliphatic carbocycles. The largest absolute Gasteiger partial charge is 0.312 e. The first-order valence-electron chi connectivity index (χ1n) is 8.92. The van der Waals surface area contributed by atoms with Crippen molar-refractivity contribution in [2.24, 2.45) is 0 Å². The normalized spacial score (nSPS) is 16.0. The van der Waals surface area contributed by atoms with Gasteiger partial charge in [0.15, 0.2) is 0 Å². The van der Waals surface area contributed by atoms with Gasteiger partial charge in [0.05, 0.1) is 11.4 Å². The number of hydrogen-bond donors (Lipinski definition) is 0. The topological polar surface area (TPSA) is 57.7 Å². The summed E-state index contributed by atoms with van der Waals surface area (Å²) in [6.45, 7) is 4.55. The van der Waals surface area contributed by atoms with E-state index in [1.54, 1.807) is 30.2 Å². The number of hydrogen-bond acceptors (Lipinski definition) is 3. The maximum atomic E-state index is 12.5. The summed E-state index contributed by atoms with van der Waals surface area (Å²) in [6.07, 6.45) is 3.93. The third-order valence-corrected chi connectivity index (χ3v) is 6.84. The molecule has 0 N–H and O–H groups in total. The van der Waals surface area contributed by atoms with Crippen LogP contribution in [0.25, 0.3) is 6.08 Å². The molecule has 5 nitrogen and oxygen atoms in total. The number of nitrogens with zero attached hydrogens (tertiary/aromatic N) is 2. The van der Waals surface area contributed by atoms with Crippen molar-refractivity contribution in [3.63, 3.8) is 0 Å². The van der Waals surface area contributed by atoms with Gasteiger partial charge in [-0.15, -0.1) is 0 Å². The predicted molar refractivity (Wildman–Crippen MR) is 111 cm³/mol. The molecule has 6 heteroatoms. The van der Waals surface area contributed by atoms with E-state index >= 15 is 0 Å². The first-order valence-corrected chi connectivity index (χ1v) is 10.5. The summed E-state index contributed by atoms with van der Waals surface area (Å²) in [6, 6.07) is 13.1. The molecule has 0 radical (unpaired) electrons. The highest BCUT2D eigenvalue weighted by atomic mass is 32.2. The van der Waals surface area contributed by atoms with Crippen LogP contribution < -0.4 is 9.21 Å². The molecule has 0 atom stereocenters. The molecule has 0 spiro atoms. The molecule has 3 rings (SSSR count). The van der Waals surface area contributed by atoms with E-state index in [2.05, 4.69) is 0 Å². The van der Waals surface area contributed by atoms with E-state index in [0.29, 0.717) is 18.7 Å². The van der Waals surface area contributed by atoms with Gasteiger partial charge in [-0.3, -0.25) is 9.10 Å². The Morgan fingerprint density at radius 1 is 1.11 bits per heavy atom. The molecule has 1 saturated heterocycles. The predicted octanol–water partition coefficient (Wildman–Crippen LogP) is 3.52. The van der Waals surface area contributed by atoms with E-state index in [1.165, 1.54) is 10.4 Å². The Labute approximate surface area is 161 Å². The molecule has 1 fully saturated rings. The lowest BCUT2D eigenvalue weighted by molar-refractivity contribution is -0.113. The van der Waals surface area contributed by atoms with Crippen LogP contribution in [0, 0.1) is 13.8 Å². The maximum absolute atomic E-state index is 12.5. The summed E-state index contributed by atoms with van der Waals surface area (Å²) < 4.78 is 25.4.